The van der Waals surface area contributed by atoms with Crippen LogP contribution >= 0.6 is 28.6 Å². The Balaban J connectivity index is 2.44. The molecular weight excluding hydrogens is 260 g/mol. The van der Waals surface area contributed by atoms with Crippen LogP contribution in [0.25, 0.3) is 0 Å². The van der Waals surface area contributed by atoms with Gasteiger partial charge >= 0.3 is 0 Å². The number of thiol groups is 1. The zero-order valence-electron chi connectivity index (χ0n) is 8.09. The molecule has 0 N–H and O–H groups in total. The first-order chi connectivity index (χ1) is 6.72. The van der Waals surface area contributed by atoms with Gasteiger partial charge in [-0.1, -0.05) is 15.9 Å². The zero-order valence-corrected chi connectivity index (χ0v) is 10.6. The molecule has 1 nitrogen and oxygen atoms in total. The van der Waals surface area contributed by atoms with Gasteiger partial charge in [0.2, 0.25) is 0 Å². The number of hydrogen-bond acceptors (Lipinski definition) is 2. The molecule has 1 saturated carbocycles. The standard InChI is InChI=1S/C11H13BrOS/c1-13-10-3-2-8(12)6-9(10)11(7-14)4-5-11/h2-3,6,14H,4-5,7H2,1H3. The third kappa shape index (κ3) is 1.68. The van der Waals surface area contributed by atoms with Crippen LogP contribution in [-0.4, -0.2) is 12.9 Å². The number of rotatable bonds is 3. The molecule has 0 aromatic heterocycles. The first-order valence-corrected chi connectivity index (χ1v) is 6.09. The molecule has 0 bridgehead atoms. The van der Waals surface area contributed by atoms with Gasteiger partial charge in [-0.25, -0.2) is 0 Å². The van der Waals surface area contributed by atoms with E-state index in [4.69, 9.17) is 4.74 Å². The van der Waals surface area contributed by atoms with Gasteiger partial charge in [0.1, 0.15) is 5.75 Å². The quantitative estimate of drug-likeness (QED) is 0.830. The molecule has 76 valence electrons. The second kappa shape index (κ2) is 3.78. The van der Waals surface area contributed by atoms with Crippen molar-refractivity contribution in [3.63, 3.8) is 0 Å². The highest BCUT2D eigenvalue weighted by atomic mass is 79.9. The maximum Gasteiger partial charge on any atom is 0.122 e. The zero-order chi connectivity index (χ0) is 10.2. The second-order valence-electron chi connectivity index (χ2n) is 3.78. The molecule has 0 aliphatic heterocycles. The Labute approximate surface area is 98.4 Å². The van der Waals surface area contributed by atoms with Crippen molar-refractivity contribution in [3.05, 3.63) is 28.2 Å². The fourth-order valence-corrected chi connectivity index (χ4v) is 2.61. The predicted molar refractivity (Wildman–Crippen MR) is 65.5 cm³/mol. The lowest BCUT2D eigenvalue weighted by Gasteiger charge is -2.16. The molecule has 0 heterocycles. The predicted octanol–water partition coefficient (Wildman–Crippen LogP) is 3.42. The van der Waals surface area contributed by atoms with Crippen molar-refractivity contribution >= 4 is 28.6 Å². The first-order valence-electron chi connectivity index (χ1n) is 4.67. The fourth-order valence-electron chi connectivity index (χ4n) is 1.76. The van der Waals surface area contributed by atoms with Crippen LogP contribution in [0.2, 0.25) is 0 Å². The second-order valence-corrected chi connectivity index (χ2v) is 5.01. The maximum absolute atomic E-state index is 5.37. The van der Waals surface area contributed by atoms with E-state index in [0.717, 1.165) is 16.0 Å². The first kappa shape index (κ1) is 10.4. The van der Waals surface area contributed by atoms with Crippen LogP contribution in [0.15, 0.2) is 22.7 Å². The highest BCUT2D eigenvalue weighted by Crippen LogP contribution is 2.52. The summed E-state index contributed by atoms with van der Waals surface area (Å²) in [4.78, 5) is 0. The number of ether oxygens (including phenoxy) is 1. The van der Waals surface area contributed by atoms with E-state index in [-0.39, 0.29) is 5.41 Å². The van der Waals surface area contributed by atoms with Gasteiger partial charge in [-0.05, 0) is 31.0 Å². The van der Waals surface area contributed by atoms with Crippen molar-refractivity contribution in [3.8, 4) is 5.75 Å². The molecule has 0 saturated heterocycles. The van der Waals surface area contributed by atoms with Crippen LogP contribution < -0.4 is 4.74 Å². The van der Waals surface area contributed by atoms with Gasteiger partial charge in [0.05, 0.1) is 7.11 Å². The number of methoxy groups -OCH3 is 1. The largest absolute Gasteiger partial charge is 0.496 e. The van der Waals surface area contributed by atoms with Crippen molar-refractivity contribution in [2.45, 2.75) is 18.3 Å². The van der Waals surface area contributed by atoms with E-state index >= 15 is 0 Å². The van der Waals surface area contributed by atoms with Crippen molar-refractivity contribution in [1.29, 1.82) is 0 Å². The van der Waals surface area contributed by atoms with Crippen LogP contribution in [0.1, 0.15) is 18.4 Å². The van der Waals surface area contributed by atoms with Crippen LogP contribution in [0, 0.1) is 0 Å². The Hall–Kier alpha value is -0.150. The van der Waals surface area contributed by atoms with Gasteiger partial charge in [0.25, 0.3) is 0 Å². The van der Waals surface area contributed by atoms with Crippen molar-refractivity contribution in [2.24, 2.45) is 0 Å². The van der Waals surface area contributed by atoms with E-state index in [1.807, 2.05) is 12.1 Å². The Morgan fingerprint density at radius 2 is 2.21 bits per heavy atom. The van der Waals surface area contributed by atoms with Crippen molar-refractivity contribution in [1.82, 2.24) is 0 Å². The number of benzene rings is 1. The summed E-state index contributed by atoms with van der Waals surface area (Å²) in [6.07, 6.45) is 2.45. The summed E-state index contributed by atoms with van der Waals surface area (Å²) in [6.45, 7) is 0. The number of hydrogen-bond donors (Lipinski definition) is 1. The summed E-state index contributed by atoms with van der Waals surface area (Å²) >= 11 is 7.92. The van der Waals surface area contributed by atoms with Gasteiger partial charge in [0, 0.05) is 21.2 Å². The minimum Gasteiger partial charge on any atom is -0.496 e. The summed E-state index contributed by atoms with van der Waals surface area (Å²) in [5.41, 5.74) is 1.57. The highest BCUT2D eigenvalue weighted by molar-refractivity contribution is 9.10. The lowest BCUT2D eigenvalue weighted by Crippen LogP contribution is -2.10. The fraction of sp³-hybridized carbons (Fsp3) is 0.455. The molecule has 0 radical (unpaired) electrons. The minimum atomic E-state index is 0.276. The van der Waals surface area contributed by atoms with Crippen molar-refractivity contribution < 1.29 is 4.74 Å². The topological polar surface area (TPSA) is 9.23 Å². The van der Waals surface area contributed by atoms with E-state index in [1.54, 1.807) is 7.11 Å². The summed E-state index contributed by atoms with van der Waals surface area (Å²) in [7, 11) is 1.72. The van der Waals surface area contributed by atoms with Crippen LogP contribution in [0.5, 0.6) is 5.75 Å². The van der Waals surface area contributed by atoms with E-state index < -0.39 is 0 Å². The van der Waals surface area contributed by atoms with Gasteiger partial charge < -0.3 is 4.74 Å². The van der Waals surface area contributed by atoms with Crippen LogP contribution in [0.3, 0.4) is 0 Å². The van der Waals surface area contributed by atoms with Crippen LogP contribution in [-0.2, 0) is 5.41 Å². The van der Waals surface area contributed by atoms with Gasteiger partial charge in [-0.2, -0.15) is 12.6 Å². The third-order valence-corrected chi connectivity index (χ3v) is 3.99. The molecule has 1 aromatic rings. The molecule has 3 heteroatoms. The average Bonchev–Trinajstić information content (AvgIpc) is 2.98. The Kier molecular flexibility index (Phi) is 2.80. The molecular formula is C11H13BrOS. The molecule has 0 atom stereocenters. The molecule has 0 spiro atoms. The molecule has 1 aliphatic carbocycles. The minimum absolute atomic E-state index is 0.276. The van der Waals surface area contributed by atoms with E-state index in [9.17, 15) is 0 Å². The molecule has 1 fully saturated rings. The lowest BCUT2D eigenvalue weighted by atomic mass is 9.97. The number of halogens is 1. The Morgan fingerprint density at radius 3 is 2.71 bits per heavy atom. The Morgan fingerprint density at radius 1 is 1.50 bits per heavy atom. The lowest BCUT2D eigenvalue weighted by molar-refractivity contribution is 0.405. The molecule has 2 rings (SSSR count). The van der Waals surface area contributed by atoms with E-state index in [0.29, 0.717) is 0 Å². The Bertz CT molecular complexity index is 347. The summed E-state index contributed by atoms with van der Waals surface area (Å²) in [5, 5.41) is 0. The van der Waals surface area contributed by atoms with Gasteiger partial charge in [-0.3, -0.25) is 0 Å². The highest BCUT2D eigenvalue weighted by Gasteiger charge is 2.44. The summed E-state index contributed by atoms with van der Waals surface area (Å²) in [6, 6.07) is 6.18. The smallest absolute Gasteiger partial charge is 0.122 e. The van der Waals surface area contributed by atoms with E-state index in [2.05, 4.69) is 34.6 Å². The normalized spacial score (nSPS) is 17.9. The monoisotopic (exact) mass is 272 g/mol. The average molecular weight is 273 g/mol. The van der Waals surface area contributed by atoms with Gasteiger partial charge in [0.15, 0.2) is 0 Å². The summed E-state index contributed by atoms with van der Waals surface area (Å²) in [5.74, 6) is 1.89. The van der Waals surface area contributed by atoms with Crippen molar-refractivity contribution in [2.75, 3.05) is 12.9 Å². The molecule has 14 heavy (non-hydrogen) atoms. The maximum atomic E-state index is 5.37. The summed E-state index contributed by atoms with van der Waals surface area (Å²) < 4.78 is 6.49. The molecule has 0 unspecified atom stereocenters. The van der Waals surface area contributed by atoms with Crippen LogP contribution in [0.4, 0.5) is 0 Å². The SMILES string of the molecule is COc1ccc(Br)cc1C1(CS)CC1. The van der Waals surface area contributed by atoms with E-state index in [1.165, 1.54) is 18.4 Å². The van der Waals surface area contributed by atoms with Gasteiger partial charge in [-0.15, -0.1) is 0 Å². The molecule has 0 amide bonds. The third-order valence-electron chi connectivity index (χ3n) is 2.89. The molecule has 1 aliphatic rings. The molecule has 1 aromatic carbocycles.